The molecule has 15 heteroatoms. The van der Waals surface area contributed by atoms with Gasteiger partial charge in [0.15, 0.2) is 5.82 Å². The average molecular weight is 695 g/mol. The van der Waals surface area contributed by atoms with Gasteiger partial charge in [-0.2, -0.15) is 0 Å². The first-order chi connectivity index (χ1) is 24.5. The van der Waals surface area contributed by atoms with Gasteiger partial charge in [0.05, 0.1) is 11.3 Å². The van der Waals surface area contributed by atoms with Crippen molar-refractivity contribution in [1.82, 2.24) is 34.8 Å². The number of fused-ring (bicyclic) bond motifs is 1. The van der Waals surface area contributed by atoms with E-state index in [0.717, 1.165) is 5.56 Å². The topological polar surface area (TPSA) is 193 Å². The number of aromatic hydroxyl groups is 3. The molecule has 0 saturated carbocycles. The molecule has 1 atom stereocenters. The number of nitrogens with zero attached hydrogens (tertiary/aromatic N) is 6. The van der Waals surface area contributed by atoms with Gasteiger partial charge in [-0.25, -0.2) is 9.36 Å². The first-order valence-corrected chi connectivity index (χ1v) is 16.8. The number of imide groups is 1. The predicted molar refractivity (Wildman–Crippen MR) is 184 cm³/mol. The zero-order valence-electron chi connectivity index (χ0n) is 28.2. The summed E-state index contributed by atoms with van der Waals surface area (Å²) in [4.78, 5) is 56.0. The molecule has 2 fully saturated rings. The van der Waals surface area contributed by atoms with Crippen LogP contribution in [0.5, 0.6) is 17.5 Å². The molecular weight excluding hydrogens is 656 g/mol. The normalized spacial score (nSPS) is 17.9. The molecule has 4 heterocycles. The molecule has 5 amide bonds. The van der Waals surface area contributed by atoms with E-state index in [9.17, 15) is 34.5 Å². The summed E-state index contributed by atoms with van der Waals surface area (Å²) in [5, 5.41) is 44.7. The molecule has 51 heavy (non-hydrogen) atoms. The van der Waals surface area contributed by atoms with Gasteiger partial charge >= 0.3 is 12.0 Å². The molecule has 7 rings (SSSR count). The molecule has 3 aliphatic heterocycles. The maximum Gasteiger partial charge on any atom is 0.321 e. The van der Waals surface area contributed by atoms with Gasteiger partial charge in [-0.1, -0.05) is 37.1 Å². The molecule has 0 spiro atoms. The van der Waals surface area contributed by atoms with Crippen LogP contribution in [0.4, 0.5) is 10.5 Å². The molecule has 4 aromatic rings. The number of nitrogens with one attached hydrogen (secondary N) is 2. The number of piperidine rings is 1. The molecule has 0 aliphatic carbocycles. The van der Waals surface area contributed by atoms with Crippen LogP contribution in [0.2, 0.25) is 0 Å². The second-order valence-electron chi connectivity index (χ2n) is 13.3. The van der Waals surface area contributed by atoms with Gasteiger partial charge in [-0.15, -0.1) is 5.10 Å². The van der Waals surface area contributed by atoms with Crippen LogP contribution in [0.1, 0.15) is 59.7 Å². The second-order valence-corrected chi connectivity index (χ2v) is 13.3. The third-order valence-electron chi connectivity index (χ3n) is 9.74. The van der Waals surface area contributed by atoms with E-state index < -0.39 is 11.9 Å². The lowest BCUT2D eigenvalue weighted by Crippen LogP contribution is -2.52. The second kappa shape index (κ2) is 13.4. The molecule has 264 valence electrons. The Morgan fingerprint density at radius 1 is 0.941 bits per heavy atom. The number of carbonyl (C=O) groups is 4. The van der Waals surface area contributed by atoms with E-state index in [4.69, 9.17) is 0 Å². The van der Waals surface area contributed by atoms with E-state index in [0.29, 0.717) is 66.4 Å². The first kappa shape index (κ1) is 33.5. The molecule has 5 N–H and O–H groups in total. The van der Waals surface area contributed by atoms with Crippen molar-refractivity contribution in [3.63, 3.8) is 0 Å². The molecule has 1 unspecified atom stereocenters. The minimum Gasteiger partial charge on any atom is -0.508 e. The van der Waals surface area contributed by atoms with Crippen LogP contribution in [-0.4, -0.2) is 101 Å². The summed E-state index contributed by atoms with van der Waals surface area (Å²) in [6.45, 7) is 6.91. The zero-order chi connectivity index (χ0) is 36.0. The van der Waals surface area contributed by atoms with Crippen molar-refractivity contribution in [1.29, 1.82) is 0 Å². The van der Waals surface area contributed by atoms with E-state index in [-0.39, 0.29) is 66.5 Å². The Labute approximate surface area is 293 Å². The molecule has 15 nitrogen and oxygen atoms in total. The molecule has 0 bridgehead atoms. The number of piperazine rings is 1. The van der Waals surface area contributed by atoms with Crippen molar-refractivity contribution in [3.8, 4) is 34.6 Å². The number of anilines is 1. The van der Waals surface area contributed by atoms with Crippen LogP contribution in [0.25, 0.3) is 17.1 Å². The van der Waals surface area contributed by atoms with E-state index in [1.54, 1.807) is 29.2 Å². The molecule has 1 aromatic heterocycles. The number of rotatable bonds is 7. The number of phenolic OH excluding ortho intramolecular Hbond substituents is 2. The summed E-state index contributed by atoms with van der Waals surface area (Å²) in [6.07, 6.45) is 0.429. The number of benzene rings is 3. The maximum absolute atomic E-state index is 13.3. The Hall–Kier alpha value is -5.96. The lowest BCUT2D eigenvalue weighted by Gasteiger charge is -2.34. The number of aromatic nitrogens is 3. The Morgan fingerprint density at radius 2 is 1.69 bits per heavy atom. The van der Waals surface area contributed by atoms with Crippen molar-refractivity contribution in [2.45, 2.75) is 51.7 Å². The Balaban J connectivity index is 0.967. The fourth-order valence-electron chi connectivity index (χ4n) is 6.94. The quantitative estimate of drug-likeness (QED) is 0.179. The van der Waals surface area contributed by atoms with Gasteiger partial charge < -0.3 is 30.4 Å². The van der Waals surface area contributed by atoms with Crippen molar-refractivity contribution < 1.29 is 34.5 Å². The Kier molecular flexibility index (Phi) is 8.81. The van der Waals surface area contributed by atoms with Gasteiger partial charge in [0, 0.05) is 68.6 Å². The van der Waals surface area contributed by atoms with E-state index in [1.807, 2.05) is 38.1 Å². The standard InChI is InChI=1S/C36H38N8O7/c1-20(2)24-16-25(30(46)17-29(24)45)32-39-40-36(51)44(32)22-8-6-21(7-9-22)18-41-12-14-42(15-13-41)35(50)37-27-5-3-4-23-26(27)19-43(34(23)49)28-10-11-31(47)38-33(28)48/h3-9,16-17,20,28,45-46H,10-15,18-19H2,1-2H3,(H,37,50)(H,40,51)(H,38,47,48). The number of amides is 5. The first-order valence-electron chi connectivity index (χ1n) is 16.8. The predicted octanol–water partition coefficient (Wildman–Crippen LogP) is 3.29. The minimum atomic E-state index is -0.735. The smallest absolute Gasteiger partial charge is 0.321 e. The van der Waals surface area contributed by atoms with Crippen LogP contribution >= 0.6 is 0 Å². The van der Waals surface area contributed by atoms with Gasteiger partial charge in [-0.3, -0.25) is 24.6 Å². The monoisotopic (exact) mass is 694 g/mol. The molecule has 3 aromatic carbocycles. The summed E-state index contributed by atoms with van der Waals surface area (Å²) in [5.41, 5.74) is 4.16. The van der Waals surface area contributed by atoms with Crippen molar-refractivity contribution in [2.24, 2.45) is 0 Å². The van der Waals surface area contributed by atoms with E-state index in [2.05, 4.69) is 25.7 Å². The molecular formula is C36H38N8O7. The largest absolute Gasteiger partial charge is 0.508 e. The molecule has 2 saturated heterocycles. The SMILES string of the molecule is CC(C)c1cc(-c2nnc(O)n2-c2ccc(CN3CCN(C(=O)Nc4cccc5c4CN(C4CCC(=O)NC4=O)C5=O)CC3)cc2)c(O)cc1O. The highest BCUT2D eigenvalue weighted by molar-refractivity contribution is 6.06. The van der Waals surface area contributed by atoms with Crippen molar-refractivity contribution >= 4 is 29.4 Å². The highest BCUT2D eigenvalue weighted by atomic mass is 16.3. The summed E-state index contributed by atoms with van der Waals surface area (Å²) >= 11 is 0. The highest BCUT2D eigenvalue weighted by Gasteiger charge is 2.40. The number of carbonyl (C=O) groups excluding carboxylic acids is 4. The fourth-order valence-corrected chi connectivity index (χ4v) is 6.94. The maximum atomic E-state index is 13.3. The summed E-state index contributed by atoms with van der Waals surface area (Å²) < 4.78 is 1.43. The lowest BCUT2D eigenvalue weighted by molar-refractivity contribution is -0.136. The minimum absolute atomic E-state index is 0.0127. The zero-order valence-corrected chi connectivity index (χ0v) is 28.2. The molecule has 3 aliphatic rings. The summed E-state index contributed by atoms with van der Waals surface area (Å²) in [7, 11) is 0. The Morgan fingerprint density at radius 3 is 2.39 bits per heavy atom. The summed E-state index contributed by atoms with van der Waals surface area (Å²) in [6, 6.07) is 14.2. The van der Waals surface area contributed by atoms with Crippen LogP contribution < -0.4 is 10.6 Å². The Bertz CT molecular complexity index is 2040. The lowest BCUT2D eigenvalue weighted by atomic mass is 9.98. The van der Waals surface area contributed by atoms with Crippen molar-refractivity contribution in [2.75, 3.05) is 31.5 Å². The third-order valence-corrected chi connectivity index (χ3v) is 9.74. The van der Waals surface area contributed by atoms with Gasteiger partial charge in [0.1, 0.15) is 17.5 Å². The van der Waals surface area contributed by atoms with E-state index >= 15 is 0 Å². The number of hydrogen-bond donors (Lipinski definition) is 5. The van der Waals surface area contributed by atoms with E-state index in [1.165, 1.54) is 15.5 Å². The van der Waals surface area contributed by atoms with Gasteiger partial charge in [0.2, 0.25) is 11.8 Å². The van der Waals surface area contributed by atoms with Crippen LogP contribution in [0.3, 0.4) is 0 Å². The van der Waals surface area contributed by atoms with Gasteiger partial charge in [0.25, 0.3) is 5.91 Å². The fraction of sp³-hybridized carbons (Fsp3) is 0.333. The average Bonchev–Trinajstić information content (AvgIpc) is 3.65. The molecule has 0 radical (unpaired) electrons. The van der Waals surface area contributed by atoms with Crippen LogP contribution in [-0.2, 0) is 22.7 Å². The highest BCUT2D eigenvalue weighted by Crippen LogP contribution is 2.39. The number of hydrogen-bond acceptors (Lipinski definition) is 10. The van der Waals surface area contributed by atoms with Crippen LogP contribution in [0, 0.1) is 0 Å². The van der Waals surface area contributed by atoms with Gasteiger partial charge in [-0.05, 0) is 53.8 Å². The number of phenols is 2. The summed E-state index contributed by atoms with van der Waals surface area (Å²) in [5.74, 6) is -1.12. The van der Waals surface area contributed by atoms with Crippen LogP contribution in [0.15, 0.2) is 54.6 Å². The van der Waals surface area contributed by atoms with Crippen molar-refractivity contribution in [3.05, 3.63) is 76.9 Å². The third kappa shape index (κ3) is 6.43. The number of urea groups is 1.